The van der Waals surface area contributed by atoms with Crippen molar-refractivity contribution in [1.29, 1.82) is 0 Å². The van der Waals surface area contributed by atoms with Crippen molar-refractivity contribution in [2.45, 2.75) is 26.7 Å². The van der Waals surface area contributed by atoms with Gasteiger partial charge in [-0.25, -0.2) is 0 Å². The first-order valence-electron chi connectivity index (χ1n) is 6.41. The van der Waals surface area contributed by atoms with Crippen LogP contribution in [0, 0.1) is 17.8 Å². The van der Waals surface area contributed by atoms with Crippen molar-refractivity contribution in [3.63, 3.8) is 0 Å². The summed E-state index contributed by atoms with van der Waals surface area (Å²) >= 11 is 0. The van der Waals surface area contributed by atoms with Crippen molar-refractivity contribution in [2.75, 3.05) is 0 Å². The minimum Gasteiger partial charge on any atom is -0.481 e. The molecule has 0 heterocycles. The van der Waals surface area contributed by atoms with Gasteiger partial charge in [-0.05, 0) is 24.3 Å². The molecule has 19 heavy (non-hydrogen) atoms. The third-order valence-corrected chi connectivity index (χ3v) is 3.14. The quantitative estimate of drug-likeness (QED) is 0.794. The van der Waals surface area contributed by atoms with Crippen LogP contribution in [0.1, 0.15) is 25.8 Å². The van der Waals surface area contributed by atoms with E-state index >= 15 is 0 Å². The van der Waals surface area contributed by atoms with Crippen LogP contribution in [0.3, 0.4) is 0 Å². The Balaban J connectivity index is 2.91. The van der Waals surface area contributed by atoms with Crippen molar-refractivity contribution in [2.24, 2.45) is 17.8 Å². The zero-order chi connectivity index (χ0) is 14.4. The lowest BCUT2D eigenvalue weighted by atomic mass is 9.82. The number of hydrogen-bond acceptors (Lipinski definition) is 2. The Hall–Kier alpha value is -1.84. The fraction of sp³-hybridized carbons (Fsp3) is 0.467. The maximum absolute atomic E-state index is 11.4. The molecule has 0 radical (unpaired) electrons. The standard InChI is InChI=1S/C15H20O4/c1-10(2)8-12(14(16)17)13(15(18)19)9-11-6-4-3-5-7-11/h3-7,10,12-13H,8-9H2,1-2H3,(H,16,17)(H,18,19)/t12-,13-/m0/s1. The minimum absolute atomic E-state index is 0.152. The molecule has 2 atom stereocenters. The fourth-order valence-corrected chi connectivity index (χ4v) is 2.21. The summed E-state index contributed by atoms with van der Waals surface area (Å²) < 4.78 is 0. The average Bonchev–Trinajstić information content (AvgIpc) is 2.34. The van der Waals surface area contributed by atoms with E-state index in [1.54, 1.807) is 0 Å². The molecule has 0 spiro atoms. The fourth-order valence-electron chi connectivity index (χ4n) is 2.21. The van der Waals surface area contributed by atoms with E-state index in [2.05, 4.69) is 0 Å². The van der Waals surface area contributed by atoms with Gasteiger partial charge in [0.05, 0.1) is 11.8 Å². The predicted octanol–water partition coefficient (Wildman–Crippen LogP) is 2.68. The van der Waals surface area contributed by atoms with Crippen LogP contribution in [0.25, 0.3) is 0 Å². The third kappa shape index (κ3) is 4.73. The molecule has 0 amide bonds. The molecule has 1 rings (SSSR count). The van der Waals surface area contributed by atoms with E-state index in [-0.39, 0.29) is 12.3 Å². The summed E-state index contributed by atoms with van der Waals surface area (Å²) in [5.74, 6) is -3.66. The summed E-state index contributed by atoms with van der Waals surface area (Å²) in [4.78, 5) is 22.7. The monoisotopic (exact) mass is 264 g/mol. The summed E-state index contributed by atoms with van der Waals surface area (Å²) in [6, 6.07) is 9.15. The number of carboxylic acid groups (broad SMARTS) is 2. The van der Waals surface area contributed by atoms with E-state index in [0.717, 1.165) is 5.56 Å². The van der Waals surface area contributed by atoms with E-state index in [9.17, 15) is 19.8 Å². The molecule has 4 nitrogen and oxygen atoms in total. The van der Waals surface area contributed by atoms with Crippen LogP contribution >= 0.6 is 0 Å². The van der Waals surface area contributed by atoms with Crippen LogP contribution in [-0.2, 0) is 16.0 Å². The van der Waals surface area contributed by atoms with Gasteiger partial charge in [0, 0.05) is 0 Å². The maximum Gasteiger partial charge on any atom is 0.307 e. The molecule has 0 aromatic heterocycles. The largest absolute Gasteiger partial charge is 0.481 e. The highest BCUT2D eigenvalue weighted by atomic mass is 16.4. The van der Waals surface area contributed by atoms with Gasteiger partial charge in [-0.15, -0.1) is 0 Å². The Morgan fingerprint density at radius 2 is 1.53 bits per heavy atom. The number of benzene rings is 1. The van der Waals surface area contributed by atoms with Gasteiger partial charge < -0.3 is 10.2 Å². The Kier molecular flexibility index (Phi) is 5.55. The summed E-state index contributed by atoms with van der Waals surface area (Å²) in [7, 11) is 0. The van der Waals surface area contributed by atoms with Crippen molar-refractivity contribution in [3.8, 4) is 0 Å². The number of carboxylic acids is 2. The Morgan fingerprint density at radius 3 is 1.95 bits per heavy atom. The lowest BCUT2D eigenvalue weighted by molar-refractivity contribution is -0.154. The number of hydrogen-bond donors (Lipinski definition) is 2. The van der Waals surface area contributed by atoms with Crippen LogP contribution in [0.2, 0.25) is 0 Å². The zero-order valence-electron chi connectivity index (χ0n) is 11.2. The summed E-state index contributed by atoms with van der Waals surface area (Å²) in [6.45, 7) is 3.80. The number of rotatable bonds is 7. The highest BCUT2D eigenvalue weighted by Gasteiger charge is 2.34. The van der Waals surface area contributed by atoms with Gasteiger partial charge in [-0.3, -0.25) is 9.59 Å². The Bertz CT molecular complexity index is 425. The molecule has 0 fully saturated rings. The SMILES string of the molecule is CC(C)C[C@H](C(=O)O)[C@H](Cc1ccccc1)C(=O)O. The first-order chi connectivity index (χ1) is 8.91. The predicted molar refractivity (Wildman–Crippen MR) is 71.9 cm³/mol. The van der Waals surface area contributed by atoms with Gasteiger partial charge in [0.2, 0.25) is 0 Å². The topological polar surface area (TPSA) is 74.6 Å². The number of aliphatic carboxylic acids is 2. The van der Waals surface area contributed by atoms with Gasteiger partial charge in [-0.2, -0.15) is 0 Å². The second-order valence-electron chi connectivity index (χ2n) is 5.21. The molecule has 0 bridgehead atoms. The molecule has 0 saturated carbocycles. The first kappa shape index (κ1) is 15.2. The van der Waals surface area contributed by atoms with Crippen molar-refractivity contribution < 1.29 is 19.8 Å². The van der Waals surface area contributed by atoms with Crippen LogP contribution in [0.4, 0.5) is 0 Å². The lowest BCUT2D eigenvalue weighted by Gasteiger charge is -2.22. The smallest absolute Gasteiger partial charge is 0.307 e. The molecule has 0 unspecified atom stereocenters. The second kappa shape index (κ2) is 6.92. The maximum atomic E-state index is 11.4. The van der Waals surface area contributed by atoms with E-state index in [1.807, 2.05) is 44.2 Å². The molecular weight excluding hydrogens is 244 g/mol. The van der Waals surface area contributed by atoms with Crippen molar-refractivity contribution in [1.82, 2.24) is 0 Å². The highest BCUT2D eigenvalue weighted by Crippen LogP contribution is 2.25. The molecule has 0 saturated heterocycles. The average molecular weight is 264 g/mol. The molecule has 1 aromatic rings. The molecule has 4 heteroatoms. The Morgan fingerprint density at radius 1 is 1.00 bits per heavy atom. The van der Waals surface area contributed by atoms with Gasteiger partial charge in [0.25, 0.3) is 0 Å². The number of carbonyl (C=O) groups is 2. The summed E-state index contributed by atoms with van der Waals surface area (Å²) in [6.07, 6.45) is 0.624. The summed E-state index contributed by atoms with van der Waals surface area (Å²) in [5.41, 5.74) is 0.852. The van der Waals surface area contributed by atoms with Crippen LogP contribution in [0.15, 0.2) is 30.3 Å². The van der Waals surface area contributed by atoms with E-state index in [4.69, 9.17) is 0 Å². The van der Waals surface area contributed by atoms with E-state index in [0.29, 0.717) is 6.42 Å². The second-order valence-corrected chi connectivity index (χ2v) is 5.21. The molecule has 2 N–H and O–H groups in total. The molecule has 1 aromatic carbocycles. The molecule has 0 aliphatic heterocycles. The molecule has 0 aliphatic rings. The van der Waals surface area contributed by atoms with Gasteiger partial charge in [0.1, 0.15) is 0 Å². The van der Waals surface area contributed by atoms with Crippen LogP contribution in [-0.4, -0.2) is 22.2 Å². The van der Waals surface area contributed by atoms with E-state index in [1.165, 1.54) is 0 Å². The van der Waals surface area contributed by atoms with Crippen LogP contribution < -0.4 is 0 Å². The minimum atomic E-state index is -1.04. The summed E-state index contributed by atoms with van der Waals surface area (Å²) in [5, 5.41) is 18.6. The molecule has 104 valence electrons. The zero-order valence-corrected chi connectivity index (χ0v) is 11.2. The third-order valence-electron chi connectivity index (χ3n) is 3.14. The van der Waals surface area contributed by atoms with Gasteiger partial charge >= 0.3 is 11.9 Å². The lowest BCUT2D eigenvalue weighted by Crippen LogP contribution is -2.32. The highest BCUT2D eigenvalue weighted by molar-refractivity contribution is 5.80. The van der Waals surface area contributed by atoms with E-state index < -0.39 is 23.8 Å². The van der Waals surface area contributed by atoms with Crippen molar-refractivity contribution in [3.05, 3.63) is 35.9 Å². The Labute approximate surface area is 113 Å². The van der Waals surface area contributed by atoms with Crippen molar-refractivity contribution >= 4 is 11.9 Å². The first-order valence-corrected chi connectivity index (χ1v) is 6.41. The van der Waals surface area contributed by atoms with Gasteiger partial charge in [0.15, 0.2) is 0 Å². The van der Waals surface area contributed by atoms with Gasteiger partial charge in [-0.1, -0.05) is 44.2 Å². The molecule has 0 aliphatic carbocycles. The van der Waals surface area contributed by atoms with Crippen LogP contribution in [0.5, 0.6) is 0 Å². The normalized spacial score (nSPS) is 14.1. The molecular formula is C15H20O4.